The van der Waals surface area contributed by atoms with Gasteiger partial charge in [-0.15, -0.1) is 0 Å². The Morgan fingerprint density at radius 1 is 1.33 bits per heavy atom. The van der Waals surface area contributed by atoms with Crippen molar-refractivity contribution in [2.45, 2.75) is 38.3 Å². The Morgan fingerprint density at radius 2 is 2.00 bits per heavy atom. The summed E-state index contributed by atoms with van der Waals surface area (Å²) >= 11 is 0. The summed E-state index contributed by atoms with van der Waals surface area (Å²) < 4.78 is 11.2. The highest BCUT2D eigenvalue weighted by Crippen LogP contribution is 2.25. The lowest BCUT2D eigenvalue weighted by atomic mass is 9.91. The van der Waals surface area contributed by atoms with Crippen LogP contribution in [0.15, 0.2) is 12.2 Å². The first-order valence-electron chi connectivity index (χ1n) is 5.25. The minimum atomic E-state index is -1.58. The first kappa shape index (κ1) is 12.4. The lowest BCUT2D eigenvalue weighted by Crippen LogP contribution is -2.38. The minimum Gasteiger partial charge on any atom is -0.410 e. The standard InChI is InChI=1S/C11H19NO2Si/c1-13-10-5-6-11(9(7-10)8-12)14-15(2,3)4/h5-6,9-11H,7H2,1-4H3. The highest BCUT2D eigenvalue weighted by Gasteiger charge is 2.30. The number of ether oxygens (including phenoxy) is 1. The molecule has 3 nitrogen and oxygen atoms in total. The normalized spacial score (nSPS) is 31.3. The van der Waals surface area contributed by atoms with Crippen molar-refractivity contribution >= 4 is 8.32 Å². The molecular formula is C11H19NO2Si. The molecule has 0 aromatic heterocycles. The molecule has 1 aliphatic rings. The zero-order chi connectivity index (χ0) is 11.5. The Hall–Kier alpha value is -0.633. The molecule has 0 amide bonds. The van der Waals surface area contributed by atoms with Crippen molar-refractivity contribution in [3.63, 3.8) is 0 Å². The van der Waals surface area contributed by atoms with E-state index < -0.39 is 8.32 Å². The molecule has 0 fully saturated rings. The molecule has 84 valence electrons. The van der Waals surface area contributed by atoms with Crippen LogP contribution in [0.4, 0.5) is 0 Å². The van der Waals surface area contributed by atoms with Crippen LogP contribution in [-0.2, 0) is 9.16 Å². The van der Waals surface area contributed by atoms with Crippen LogP contribution in [-0.4, -0.2) is 27.6 Å². The predicted molar refractivity (Wildman–Crippen MR) is 61.9 cm³/mol. The van der Waals surface area contributed by atoms with Crippen molar-refractivity contribution in [3.8, 4) is 6.07 Å². The van der Waals surface area contributed by atoms with Crippen LogP contribution in [0, 0.1) is 17.2 Å². The highest BCUT2D eigenvalue weighted by molar-refractivity contribution is 6.69. The van der Waals surface area contributed by atoms with Gasteiger partial charge in [0.15, 0.2) is 8.32 Å². The summed E-state index contributed by atoms with van der Waals surface area (Å²) in [5.74, 6) is -0.0772. The van der Waals surface area contributed by atoms with E-state index in [-0.39, 0.29) is 18.1 Å². The summed E-state index contributed by atoms with van der Waals surface area (Å²) in [6.07, 6.45) is 4.73. The Labute approximate surface area is 92.8 Å². The number of hydrogen-bond donors (Lipinski definition) is 0. The molecule has 0 aromatic carbocycles. The van der Waals surface area contributed by atoms with Crippen LogP contribution in [0.25, 0.3) is 0 Å². The molecule has 15 heavy (non-hydrogen) atoms. The summed E-state index contributed by atoms with van der Waals surface area (Å²) in [6, 6.07) is 2.31. The molecule has 0 saturated carbocycles. The summed E-state index contributed by atoms with van der Waals surface area (Å²) in [6.45, 7) is 6.41. The van der Waals surface area contributed by atoms with E-state index in [1.807, 2.05) is 12.2 Å². The maximum Gasteiger partial charge on any atom is 0.184 e. The number of hydrogen-bond acceptors (Lipinski definition) is 3. The van der Waals surface area contributed by atoms with E-state index in [0.717, 1.165) is 6.42 Å². The van der Waals surface area contributed by atoms with Crippen molar-refractivity contribution in [1.82, 2.24) is 0 Å². The van der Waals surface area contributed by atoms with Crippen molar-refractivity contribution < 1.29 is 9.16 Å². The van der Waals surface area contributed by atoms with Crippen LogP contribution in [0.5, 0.6) is 0 Å². The van der Waals surface area contributed by atoms with Crippen molar-refractivity contribution in [2.75, 3.05) is 7.11 Å². The Morgan fingerprint density at radius 3 is 2.47 bits per heavy atom. The van der Waals surface area contributed by atoms with Crippen LogP contribution in [0.2, 0.25) is 19.6 Å². The van der Waals surface area contributed by atoms with E-state index in [4.69, 9.17) is 14.4 Å². The third-order valence-electron chi connectivity index (χ3n) is 2.36. The van der Waals surface area contributed by atoms with E-state index in [9.17, 15) is 0 Å². The first-order chi connectivity index (χ1) is 6.96. The van der Waals surface area contributed by atoms with Crippen LogP contribution < -0.4 is 0 Å². The van der Waals surface area contributed by atoms with Crippen molar-refractivity contribution in [1.29, 1.82) is 5.26 Å². The van der Waals surface area contributed by atoms with Gasteiger partial charge in [-0.2, -0.15) is 5.26 Å². The van der Waals surface area contributed by atoms with Gasteiger partial charge in [0.2, 0.25) is 0 Å². The van der Waals surface area contributed by atoms with E-state index in [1.54, 1.807) is 7.11 Å². The minimum absolute atomic E-state index is 0.0481. The maximum atomic E-state index is 9.07. The van der Waals surface area contributed by atoms with E-state index in [1.165, 1.54) is 0 Å². The topological polar surface area (TPSA) is 42.2 Å². The average Bonchev–Trinajstić information content (AvgIpc) is 2.16. The number of methoxy groups -OCH3 is 1. The molecule has 0 radical (unpaired) electrons. The van der Waals surface area contributed by atoms with Gasteiger partial charge < -0.3 is 9.16 Å². The van der Waals surface area contributed by atoms with Gasteiger partial charge in [0.25, 0.3) is 0 Å². The number of nitrogens with zero attached hydrogens (tertiary/aromatic N) is 1. The van der Waals surface area contributed by atoms with Crippen LogP contribution in [0.1, 0.15) is 6.42 Å². The van der Waals surface area contributed by atoms with E-state index in [0.29, 0.717) is 0 Å². The molecule has 4 heteroatoms. The maximum absolute atomic E-state index is 9.07. The zero-order valence-electron chi connectivity index (χ0n) is 9.86. The summed E-state index contributed by atoms with van der Waals surface area (Å²) in [4.78, 5) is 0. The van der Waals surface area contributed by atoms with Crippen molar-refractivity contribution in [2.24, 2.45) is 5.92 Å². The third-order valence-corrected chi connectivity index (χ3v) is 3.34. The average molecular weight is 225 g/mol. The zero-order valence-corrected chi connectivity index (χ0v) is 10.9. The fraction of sp³-hybridized carbons (Fsp3) is 0.727. The van der Waals surface area contributed by atoms with Gasteiger partial charge in [0, 0.05) is 7.11 Å². The predicted octanol–water partition coefficient (Wildman–Crippen LogP) is 2.32. The molecule has 3 atom stereocenters. The van der Waals surface area contributed by atoms with Gasteiger partial charge in [0.1, 0.15) is 0 Å². The second-order valence-electron chi connectivity index (χ2n) is 4.83. The van der Waals surface area contributed by atoms with Crippen molar-refractivity contribution in [3.05, 3.63) is 12.2 Å². The lowest BCUT2D eigenvalue weighted by Gasteiger charge is -2.31. The quantitative estimate of drug-likeness (QED) is 0.547. The van der Waals surface area contributed by atoms with Gasteiger partial charge in [-0.05, 0) is 26.1 Å². The fourth-order valence-electron chi connectivity index (χ4n) is 1.66. The van der Waals surface area contributed by atoms with Gasteiger partial charge in [-0.25, -0.2) is 0 Å². The molecule has 0 aromatic rings. The van der Waals surface area contributed by atoms with Crippen LogP contribution >= 0.6 is 0 Å². The molecule has 0 saturated heterocycles. The van der Waals surface area contributed by atoms with Gasteiger partial charge >= 0.3 is 0 Å². The molecule has 0 aliphatic heterocycles. The Balaban J connectivity index is 2.69. The molecule has 0 bridgehead atoms. The largest absolute Gasteiger partial charge is 0.410 e. The Bertz CT molecular complexity index is 277. The second-order valence-corrected chi connectivity index (χ2v) is 9.29. The smallest absolute Gasteiger partial charge is 0.184 e. The monoisotopic (exact) mass is 225 g/mol. The third kappa shape index (κ3) is 3.78. The number of nitriles is 1. The summed E-state index contributed by atoms with van der Waals surface area (Å²) in [5, 5.41) is 9.07. The molecular weight excluding hydrogens is 206 g/mol. The Kier molecular flexibility index (Phi) is 4.09. The SMILES string of the molecule is COC1C=CC(O[Si](C)(C)C)C(C#N)C1. The van der Waals surface area contributed by atoms with Gasteiger partial charge in [0.05, 0.1) is 24.2 Å². The molecule has 1 aliphatic carbocycles. The van der Waals surface area contributed by atoms with Crippen LogP contribution in [0.3, 0.4) is 0 Å². The lowest BCUT2D eigenvalue weighted by molar-refractivity contribution is 0.0873. The second kappa shape index (κ2) is 4.93. The molecule has 0 heterocycles. The molecule has 0 N–H and O–H groups in total. The van der Waals surface area contributed by atoms with E-state index >= 15 is 0 Å². The van der Waals surface area contributed by atoms with Gasteiger partial charge in [-0.3, -0.25) is 0 Å². The summed E-state index contributed by atoms with van der Waals surface area (Å²) in [5.41, 5.74) is 0. The molecule has 0 spiro atoms. The number of rotatable bonds is 3. The van der Waals surface area contributed by atoms with E-state index in [2.05, 4.69) is 25.7 Å². The highest BCUT2D eigenvalue weighted by atomic mass is 28.4. The van der Waals surface area contributed by atoms with Gasteiger partial charge in [-0.1, -0.05) is 12.2 Å². The summed E-state index contributed by atoms with van der Waals surface area (Å²) in [7, 11) is 0.0917. The molecule has 3 unspecified atom stereocenters. The molecule has 1 rings (SSSR count). The first-order valence-corrected chi connectivity index (χ1v) is 8.65. The fourth-order valence-corrected chi connectivity index (χ4v) is 2.72.